The van der Waals surface area contributed by atoms with Crippen molar-refractivity contribution >= 4 is 11.8 Å². The quantitative estimate of drug-likeness (QED) is 0.765. The summed E-state index contributed by atoms with van der Waals surface area (Å²) in [5, 5.41) is 3.21. The average molecular weight is 253 g/mol. The first-order valence-corrected chi connectivity index (χ1v) is 6.65. The van der Waals surface area contributed by atoms with Crippen LogP contribution in [0.2, 0.25) is 0 Å². The number of rotatable bonds is 3. The molecule has 0 aromatic carbocycles. The number of carbonyl (C=O) groups is 2. The van der Waals surface area contributed by atoms with Crippen LogP contribution in [0.25, 0.3) is 0 Å². The monoisotopic (exact) mass is 253 g/mol. The van der Waals surface area contributed by atoms with Gasteiger partial charge in [-0.1, -0.05) is 13.8 Å². The number of hydrogen-bond donors (Lipinski definition) is 1. The van der Waals surface area contributed by atoms with Gasteiger partial charge in [0.15, 0.2) is 0 Å². The first-order valence-electron chi connectivity index (χ1n) is 6.65. The summed E-state index contributed by atoms with van der Waals surface area (Å²) in [7, 11) is 1.73. The minimum Gasteiger partial charge on any atom is -0.339 e. The molecule has 102 valence electrons. The lowest BCUT2D eigenvalue weighted by molar-refractivity contribution is -0.140. The fourth-order valence-corrected chi connectivity index (χ4v) is 2.45. The minimum atomic E-state index is 0.0609. The third-order valence-corrected chi connectivity index (χ3v) is 4.03. The van der Waals surface area contributed by atoms with Crippen molar-refractivity contribution in [3.63, 3.8) is 0 Å². The number of nitrogens with one attached hydrogen (secondary N) is 1. The highest BCUT2D eigenvalue weighted by Crippen LogP contribution is 2.52. The molecule has 1 heterocycles. The lowest BCUT2D eigenvalue weighted by Crippen LogP contribution is -2.50. The SMILES string of the molecule is CN(CC(=O)N1CCNCC1)C(=O)C1CC1(C)C. The summed E-state index contributed by atoms with van der Waals surface area (Å²) < 4.78 is 0. The Bertz CT molecular complexity index is 348. The van der Waals surface area contributed by atoms with Crippen molar-refractivity contribution < 1.29 is 9.59 Å². The van der Waals surface area contributed by atoms with Gasteiger partial charge in [-0.25, -0.2) is 0 Å². The molecule has 0 aromatic rings. The molecule has 1 aliphatic carbocycles. The topological polar surface area (TPSA) is 52.7 Å². The molecular formula is C13H23N3O2. The number of carbonyl (C=O) groups excluding carboxylic acids is 2. The van der Waals surface area contributed by atoms with E-state index in [0.717, 1.165) is 32.6 Å². The van der Waals surface area contributed by atoms with Gasteiger partial charge in [0.05, 0.1) is 6.54 Å². The summed E-state index contributed by atoms with van der Waals surface area (Å²) in [6.45, 7) is 7.60. The van der Waals surface area contributed by atoms with Gasteiger partial charge in [0, 0.05) is 39.1 Å². The van der Waals surface area contributed by atoms with E-state index < -0.39 is 0 Å². The van der Waals surface area contributed by atoms with Gasteiger partial charge in [-0.05, 0) is 11.8 Å². The summed E-state index contributed by atoms with van der Waals surface area (Å²) in [6, 6.07) is 0. The Morgan fingerprint density at radius 1 is 1.33 bits per heavy atom. The van der Waals surface area contributed by atoms with Crippen LogP contribution in [0, 0.1) is 11.3 Å². The number of hydrogen-bond acceptors (Lipinski definition) is 3. The lowest BCUT2D eigenvalue weighted by atomic mass is 10.1. The average Bonchev–Trinajstić information content (AvgIpc) is 2.98. The first kappa shape index (κ1) is 13.3. The van der Waals surface area contributed by atoms with Gasteiger partial charge in [-0.2, -0.15) is 0 Å². The maximum atomic E-state index is 12.1. The highest BCUT2D eigenvalue weighted by molar-refractivity contribution is 5.87. The molecule has 5 heteroatoms. The molecule has 1 N–H and O–H groups in total. The predicted molar refractivity (Wildman–Crippen MR) is 69.0 cm³/mol. The molecule has 1 unspecified atom stereocenters. The zero-order valence-corrected chi connectivity index (χ0v) is 11.5. The molecule has 5 nitrogen and oxygen atoms in total. The minimum absolute atomic E-state index is 0.0609. The number of amides is 2. The van der Waals surface area contributed by atoms with Crippen molar-refractivity contribution in [2.75, 3.05) is 39.8 Å². The number of piperazine rings is 1. The standard InChI is InChI=1S/C13H23N3O2/c1-13(2)8-10(13)12(18)15(3)9-11(17)16-6-4-14-5-7-16/h10,14H,4-9H2,1-3H3. The summed E-state index contributed by atoms with van der Waals surface area (Å²) in [4.78, 5) is 27.5. The number of likely N-dealkylation sites (N-methyl/N-ethyl adjacent to an activating group) is 1. The van der Waals surface area contributed by atoms with Crippen LogP contribution >= 0.6 is 0 Å². The van der Waals surface area contributed by atoms with Gasteiger partial charge in [-0.3, -0.25) is 9.59 Å². The van der Waals surface area contributed by atoms with Gasteiger partial charge < -0.3 is 15.1 Å². The molecule has 2 aliphatic rings. The molecule has 2 amide bonds. The summed E-state index contributed by atoms with van der Waals surface area (Å²) in [5.74, 6) is 0.285. The number of nitrogens with zero attached hydrogens (tertiary/aromatic N) is 2. The van der Waals surface area contributed by atoms with Gasteiger partial charge in [0.1, 0.15) is 0 Å². The van der Waals surface area contributed by atoms with E-state index >= 15 is 0 Å². The molecule has 2 rings (SSSR count). The molecule has 0 bridgehead atoms. The fraction of sp³-hybridized carbons (Fsp3) is 0.846. The van der Waals surface area contributed by atoms with E-state index in [-0.39, 0.29) is 29.7 Å². The predicted octanol–water partition coefficient (Wildman–Crippen LogP) is -0.0773. The second-order valence-corrected chi connectivity index (χ2v) is 6.07. The molecule has 2 fully saturated rings. The van der Waals surface area contributed by atoms with Crippen LogP contribution in [-0.2, 0) is 9.59 Å². The van der Waals surface area contributed by atoms with E-state index in [1.165, 1.54) is 0 Å². The van der Waals surface area contributed by atoms with E-state index in [1.807, 2.05) is 4.90 Å². The van der Waals surface area contributed by atoms with Crippen LogP contribution in [0.1, 0.15) is 20.3 Å². The van der Waals surface area contributed by atoms with Crippen molar-refractivity contribution in [2.24, 2.45) is 11.3 Å². The molecule has 0 aromatic heterocycles. The van der Waals surface area contributed by atoms with Crippen LogP contribution in [0.15, 0.2) is 0 Å². The molecule has 1 saturated carbocycles. The Kier molecular flexibility index (Phi) is 3.61. The maximum absolute atomic E-state index is 12.1. The van der Waals surface area contributed by atoms with E-state index in [9.17, 15) is 9.59 Å². The zero-order valence-electron chi connectivity index (χ0n) is 11.5. The van der Waals surface area contributed by atoms with Gasteiger partial charge in [0.25, 0.3) is 0 Å². The summed E-state index contributed by atoms with van der Waals surface area (Å²) >= 11 is 0. The maximum Gasteiger partial charge on any atom is 0.242 e. The van der Waals surface area contributed by atoms with Crippen molar-refractivity contribution in [3.8, 4) is 0 Å². The van der Waals surface area contributed by atoms with Crippen LogP contribution in [0.3, 0.4) is 0 Å². The summed E-state index contributed by atoms with van der Waals surface area (Å²) in [6.07, 6.45) is 0.942. The van der Waals surface area contributed by atoms with E-state index in [1.54, 1.807) is 11.9 Å². The molecular weight excluding hydrogens is 230 g/mol. The van der Waals surface area contributed by atoms with Gasteiger partial charge >= 0.3 is 0 Å². The Hall–Kier alpha value is -1.10. The van der Waals surface area contributed by atoms with Gasteiger partial charge in [-0.15, -0.1) is 0 Å². The molecule has 18 heavy (non-hydrogen) atoms. The molecule has 1 saturated heterocycles. The third-order valence-electron chi connectivity index (χ3n) is 4.03. The summed E-state index contributed by atoms with van der Waals surface area (Å²) in [5.41, 5.74) is 0.128. The van der Waals surface area contributed by atoms with Crippen molar-refractivity contribution in [1.82, 2.24) is 15.1 Å². The van der Waals surface area contributed by atoms with Crippen LogP contribution < -0.4 is 5.32 Å². The molecule has 1 atom stereocenters. The molecule has 0 spiro atoms. The second-order valence-electron chi connectivity index (χ2n) is 6.07. The highest BCUT2D eigenvalue weighted by atomic mass is 16.2. The van der Waals surface area contributed by atoms with E-state index in [2.05, 4.69) is 19.2 Å². The van der Waals surface area contributed by atoms with Crippen LogP contribution in [-0.4, -0.2) is 61.4 Å². The van der Waals surface area contributed by atoms with Crippen molar-refractivity contribution in [3.05, 3.63) is 0 Å². The van der Waals surface area contributed by atoms with Crippen molar-refractivity contribution in [2.45, 2.75) is 20.3 Å². The Balaban J connectivity index is 1.81. The van der Waals surface area contributed by atoms with E-state index in [0.29, 0.717) is 0 Å². The Labute approximate surface area is 108 Å². The highest BCUT2D eigenvalue weighted by Gasteiger charge is 2.51. The molecule has 0 radical (unpaired) electrons. The van der Waals surface area contributed by atoms with E-state index in [4.69, 9.17) is 0 Å². The normalized spacial score (nSPS) is 25.7. The largest absolute Gasteiger partial charge is 0.339 e. The lowest BCUT2D eigenvalue weighted by Gasteiger charge is -2.29. The third kappa shape index (κ3) is 2.83. The first-order chi connectivity index (χ1) is 8.42. The second kappa shape index (κ2) is 4.88. The Morgan fingerprint density at radius 2 is 1.89 bits per heavy atom. The van der Waals surface area contributed by atoms with Gasteiger partial charge in [0.2, 0.25) is 11.8 Å². The molecule has 1 aliphatic heterocycles. The zero-order chi connectivity index (χ0) is 13.3. The Morgan fingerprint density at radius 3 is 2.39 bits per heavy atom. The smallest absolute Gasteiger partial charge is 0.242 e. The van der Waals surface area contributed by atoms with Crippen molar-refractivity contribution in [1.29, 1.82) is 0 Å². The van der Waals surface area contributed by atoms with Crippen LogP contribution in [0.5, 0.6) is 0 Å². The fourth-order valence-electron chi connectivity index (χ4n) is 2.45. The van der Waals surface area contributed by atoms with Crippen LogP contribution in [0.4, 0.5) is 0 Å².